The van der Waals surface area contributed by atoms with Gasteiger partial charge in [0.05, 0.1) is 13.2 Å². The van der Waals surface area contributed by atoms with Crippen LogP contribution < -0.4 is 10.1 Å². The molecular formula is C15H23FN2OS. The van der Waals surface area contributed by atoms with E-state index in [9.17, 15) is 4.39 Å². The Hall–Kier alpha value is -0.780. The first kappa shape index (κ1) is 15.6. The van der Waals surface area contributed by atoms with Gasteiger partial charge in [0.2, 0.25) is 0 Å². The molecule has 0 amide bonds. The van der Waals surface area contributed by atoms with E-state index in [0.29, 0.717) is 17.4 Å². The lowest BCUT2D eigenvalue weighted by molar-refractivity contribution is 0.213. The molecule has 0 bridgehead atoms. The van der Waals surface area contributed by atoms with Crippen LogP contribution in [0.2, 0.25) is 0 Å². The molecule has 1 aliphatic heterocycles. The predicted octanol–water partition coefficient (Wildman–Crippen LogP) is 2.53. The van der Waals surface area contributed by atoms with Crippen molar-refractivity contribution in [1.82, 2.24) is 10.2 Å². The van der Waals surface area contributed by atoms with E-state index in [0.717, 1.165) is 24.6 Å². The third kappa shape index (κ3) is 3.27. The van der Waals surface area contributed by atoms with E-state index in [2.05, 4.69) is 24.2 Å². The van der Waals surface area contributed by atoms with Gasteiger partial charge in [0.25, 0.3) is 0 Å². The minimum Gasteiger partial charge on any atom is -0.494 e. The number of likely N-dealkylation sites (N-methyl/N-ethyl adjacent to an activating group) is 2. The van der Waals surface area contributed by atoms with Gasteiger partial charge in [-0.3, -0.25) is 4.90 Å². The lowest BCUT2D eigenvalue weighted by Gasteiger charge is -2.38. The molecule has 1 aliphatic rings. The summed E-state index contributed by atoms with van der Waals surface area (Å²) in [5.74, 6) is 2.23. The molecule has 0 spiro atoms. The first-order valence-electron chi connectivity index (χ1n) is 7.02. The first-order chi connectivity index (χ1) is 9.69. The van der Waals surface area contributed by atoms with Crippen molar-refractivity contribution in [2.45, 2.75) is 19.0 Å². The second kappa shape index (κ2) is 7.29. The van der Waals surface area contributed by atoms with Gasteiger partial charge in [-0.2, -0.15) is 11.8 Å². The average molecular weight is 298 g/mol. The van der Waals surface area contributed by atoms with E-state index in [1.54, 1.807) is 6.07 Å². The molecule has 0 saturated carbocycles. The molecule has 0 aromatic heterocycles. The van der Waals surface area contributed by atoms with Crippen molar-refractivity contribution < 1.29 is 9.13 Å². The summed E-state index contributed by atoms with van der Waals surface area (Å²) >= 11 is 1.94. The quantitative estimate of drug-likeness (QED) is 0.903. The lowest BCUT2D eigenvalue weighted by Crippen LogP contribution is -2.48. The number of nitrogens with zero attached hydrogens (tertiary/aromatic N) is 1. The van der Waals surface area contributed by atoms with Crippen LogP contribution in [-0.4, -0.2) is 49.7 Å². The fourth-order valence-corrected chi connectivity index (χ4v) is 3.93. The molecule has 2 atom stereocenters. The van der Waals surface area contributed by atoms with Gasteiger partial charge in [-0.25, -0.2) is 4.39 Å². The van der Waals surface area contributed by atoms with Crippen LogP contribution in [0.5, 0.6) is 5.75 Å². The minimum absolute atomic E-state index is 0.00657. The molecule has 20 heavy (non-hydrogen) atoms. The Morgan fingerprint density at radius 3 is 3.00 bits per heavy atom. The van der Waals surface area contributed by atoms with Crippen molar-refractivity contribution in [3.05, 3.63) is 29.6 Å². The maximum absolute atomic E-state index is 14.5. The van der Waals surface area contributed by atoms with Crippen LogP contribution in [0.1, 0.15) is 18.5 Å². The summed E-state index contributed by atoms with van der Waals surface area (Å²) in [5.41, 5.74) is 0.700. The molecule has 3 nitrogen and oxygen atoms in total. The van der Waals surface area contributed by atoms with E-state index in [1.165, 1.54) is 7.11 Å². The van der Waals surface area contributed by atoms with Crippen molar-refractivity contribution in [3.63, 3.8) is 0 Å². The van der Waals surface area contributed by atoms with Gasteiger partial charge in [-0.05, 0) is 19.7 Å². The Bertz CT molecular complexity index is 444. The Morgan fingerprint density at radius 1 is 1.55 bits per heavy atom. The van der Waals surface area contributed by atoms with Crippen LogP contribution in [0.3, 0.4) is 0 Å². The van der Waals surface area contributed by atoms with Gasteiger partial charge in [-0.1, -0.05) is 19.1 Å². The molecule has 1 saturated heterocycles. The van der Waals surface area contributed by atoms with Crippen molar-refractivity contribution >= 4 is 11.8 Å². The number of halogens is 1. The van der Waals surface area contributed by atoms with Gasteiger partial charge < -0.3 is 10.1 Å². The summed E-state index contributed by atoms with van der Waals surface area (Å²) in [6, 6.07) is 5.68. The number of hydrogen-bond acceptors (Lipinski definition) is 4. The maximum Gasteiger partial charge on any atom is 0.169 e. The second-order valence-corrected chi connectivity index (χ2v) is 6.17. The lowest BCUT2D eigenvalue weighted by atomic mass is 9.98. The molecule has 1 fully saturated rings. The highest BCUT2D eigenvalue weighted by Gasteiger charge is 2.31. The molecule has 1 aromatic rings. The summed E-state index contributed by atoms with van der Waals surface area (Å²) in [5, 5.41) is 3.44. The average Bonchev–Trinajstić information content (AvgIpc) is 2.46. The number of thioether (sulfide) groups is 1. The first-order valence-corrected chi connectivity index (χ1v) is 8.18. The summed E-state index contributed by atoms with van der Waals surface area (Å²) < 4.78 is 19.6. The largest absolute Gasteiger partial charge is 0.494 e. The summed E-state index contributed by atoms with van der Waals surface area (Å²) in [4.78, 5) is 2.32. The van der Waals surface area contributed by atoms with Crippen molar-refractivity contribution in [2.75, 3.05) is 38.8 Å². The molecular weight excluding hydrogens is 275 g/mol. The normalized spacial score (nSPS) is 21.7. The SMILES string of the molecule is CCNC(c1cccc(OC)c1F)C1CSCCN1C. The zero-order valence-corrected chi connectivity index (χ0v) is 13.2. The van der Waals surface area contributed by atoms with Crippen LogP contribution in [0.15, 0.2) is 18.2 Å². The zero-order valence-electron chi connectivity index (χ0n) is 12.4. The summed E-state index contributed by atoms with van der Waals surface area (Å²) in [6.45, 7) is 3.92. The van der Waals surface area contributed by atoms with Crippen molar-refractivity contribution in [3.8, 4) is 5.75 Å². The van der Waals surface area contributed by atoms with Crippen LogP contribution in [0, 0.1) is 5.82 Å². The van der Waals surface area contributed by atoms with Gasteiger partial charge in [0.15, 0.2) is 11.6 Å². The number of hydrogen-bond donors (Lipinski definition) is 1. The Labute approximate surface area is 124 Å². The molecule has 0 aliphatic carbocycles. The minimum atomic E-state index is -0.245. The van der Waals surface area contributed by atoms with E-state index in [1.807, 2.05) is 23.9 Å². The van der Waals surface area contributed by atoms with Crippen LogP contribution in [0.25, 0.3) is 0 Å². The van der Waals surface area contributed by atoms with Crippen molar-refractivity contribution in [2.24, 2.45) is 0 Å². The highest BCUT2D eigenvalue weighted by Crippen LogP contribution is 2.31. The van der Waals surface area contributed by atoms with Gasteiger partial charge in [0, 0.05) is 29.7 Å². The number of methoxy groups -OCH3 is 1. The van der Waals surface area contributed by atoms with Crippen LogP contribution in [-0.2, 0) is 0 Å². The second-order valence-electron chi connectivity index (χ2n) is 5.02. The monoisotopic (exact) mass is 298 g/mol. The van der Waals surface area contributed by atoms with Gasteiger partial charge in [-0.15, -0.1) is 0 Å². The van der Waals surface area contributed by atoms with Gasteiger partial charge >= 0.3 is 0 Å². The summed E-state index contributed by atoms with van der Waals surface area (Å²) in [6.07, 6.45) is 0. The molecule has 5 heteroatoms. The number of ether oxygens (including phenoxy) is 1. The van der Waals surface area contributed by atoms with E-state index >= 15 is 0 Å². The number of nitrogens with one attached hydrogen (secondary N) is 1. The molecule has 1 N–H and O–H groups in total. The van der Waals surface area contributed by atoms with Crippen LogP contribution >= 0.6 is 11.8 Å². The molecule has 0 radical (unpaired) electrons. The predicted molar refractivity (Wildman–Crippen MR) is 83.1 cm³/mol. The fraction of sp³-hybridized carbons (Fsp3) is 0.600. The fourth-order valence-electron chi connectivity index (χ4n) is 2.66. The molecule has 2 unspecified atom stereocenters. The molecule has 1 heterocycles. The zero-order chi connectivity index (χ0) is 14.5. The summed E-state index contributed by atoms with van der Waals surface area (Å²) in [7, 11) is 3.62. The number of rotatable bonds is 5. The topological polar surface area (TPSA) is 24.5 Å². The Morgan fingerprint density at radius 2 is 2.35 bits per heavy atom. The van der Waals surface area contributed by atoms with Crippen molar-refractivity contribution in [1.29, 1.82) is 0 Å². The Balaban J connectivity index is 2.32. The molecule has 2 rings (SSSR count). The highest BCUT2D eigenvalue weighted by atomic mass is 32.2. The highest BCUT2D eigenvalue weighted by molar-refractivity contribution is 7.99. The smallest absolute Gasteiger partial charge is 0.169 e. The molecule has 112 valence electrons. The maximum atomic E-state index is 14.5. The third-order valence-electron chi connectivity index (χ3n) is 3.80. The Kier molecular flexibility index (Phi) is 5.69. The van der Waals surface area contributed by atoms with E-state index < -0.39 is 0 Å². The van der Waals surface area contributed by atoms with E-state index in [-0.39, 0.29) is 11.9 Å². The van der Waals surface area contributed by atoms with Gasteiger partial charge in [0.1, 0.15) is 0 Å². The van der Waals surface area contributed by atoms with Crippen LogP contribution in [0.4, 0.5) is 4.39 Å². The third-order valence-corrected chi connectivity index (χ3v) is 4.85. The van der Waals surface area contributed by atoms with E-state index in [4.69, 9.17) is 4.74 Å². The standard InChI is InChI=1S/C15H23FN2OS/c1-4-17-15(12-10-20-9-8-18(12)2)11-6-5-7-13(19-3)14(11)16/h5-7,12,15,17H,4,8-10H2,1-3H3. The molecule has 1 aromatic carbocycles. The number of benzene rings is 1.